The fourth-order valence-corrected chi connectivity index (χ4v) is 1.83. The molecule has 0 bridgehead atoms. The van der Waals surface area contributed by atoms with Crippen molar-refractivity contribution < 1.29 is 9.59 Å². The lowest BCUT2D eigenvalue weighted by Crippen LogP contribution is -2.39. The lowest BCUT2D eigenvalue weighted by Gasteiger charge is -2.19. The van der Waals surface area contributed by atoms with Crippen molar-refractivity contribution in [2.24, 2.45) is 11.5 Å². The van der Waals surface area contributed by atoms with E-state index in [9.17, 15) is 9.59 Å². The third-order valence-corrected chi connectivity index (χ3v) is 2.61. The molecule has 0 aliphatic heterocycles. The van der Waals surface area contributed by atoms with E-state index in [1.54, 1.807) is 0 Å². The second-order valence-corrected chi connectivity index (χ2v) is 4.47. The number of carbonyl (C=O) groups excluding carboxylic acids is 2. The molecule has 0 aliphatic carbocycles. The Balaban J connectivity index is 2.81. The maximum absolute atomic E-state index is 10.9. The highest BCUT2D eigenvalue weighted by Crippen LogP contribution is 2.19. The summed E-state index contributed by atoms with van der Waals surface area (Å²) in [5.74, 6) is -1.12. The summed E-state index contributed by atoms with van der Waals surface area (Å²) in [5, 5.41) is 0.661. The maximum Gasteiger partial charge on any atom is 0.231 e. The van der Waals surface area contributed by atoms with Crippen LogP contribution in [0.2, 0.25) is 10.2 Å². The zero-order valence-electron chi connectivity index (χ0n) is 9.40. The van der Waals surface area contributed by atoms with Crippen molar-refractivity contribution in [1.82, 2.24) is 9.88 Å². The summed E-state index contributed by atoms with van der Waals surface area (Å²) in [5.41, 5.74) is 10.8. The average Bonchev–Trinajstić information content (AvgIpc) is 2.20. The Morgan fingerprint density at radius 1 is 1.22 bits per heavy atom. The van der Waals surface area contributed by atoms with Crippen LogP contribution >= 0.6 is 23.2 Å². The largest absolute Gasteiger partial charge is 0.369 e. The number of primary amides is 2. The smallest absolute Gasteiger partial charge is 0.231 e. The molecular weight excluding hydrogens is 279 g/mol. The van der Waals surface area contributed by atoms with Gasteiger partial charge in [-0.25, -0.2) is 4.98 Å². The Hall–Kier alpha value is -1.37. The van der Waals surface area contributed by atoms with Crippen molar-refractivity contribution in [1.29, 1.82) is 0 Å². The maximum atomic E-state index is 10.9. The van der Waals surface area contributed by atoms with Crippen LogP contribution in [0.25, 0.3) is 0 Å². The molecule has 18 heavy (non-hydrogen) atoms. The summed E-state index contributed by atoms with van der Waals surface area (Å²) in [7, 11) is 0. The molecule has 4 N–H and O–H groups in total. The summed E-state index contributed by atoms with van der Waals surface area (Å²) in [4.78, 5) is 27.1. The van der Waals surface area contributed by atoms with Crippen LogP contribution < -0.4 is 11.5 Å². The molecule has 0 unspecified atom stereocenters. The predicted molar refractivity (Wildman–Crippen MR) is 67.9 cm³/mol. The van der Waals surface area contributed by atoms with Crippen LogP contribution in [0.1, 0.15) is 5.56 Å². The first-order chi connectivity index (χ1) is 8.38. The fraction of sp³-hybridized carbons (Fsp3) is 0.300. The van der Waals surface area contributed by atoms with Crippen molar-refractivity contribution in [3.63, 3.8) is 0 Å². The fourth-order valence-electron chi connectivity index (χ4n) is 1.40. The molecule has 0 saturated heterocycles. The first kappa shape index (κ1) is 14.7. The molecule has 1 heterocycles. The average molecular weight is 291 g/mol. The van der Waals surface area contributed by atoms with E-state index in [1.807, 2.05) is 0 Å². The topological polar surface area (TPSA) is 102 Å². The van der Waals surface area contributed by atoms with Gasteiger partial charge >= 0.3 is 0 Å². The zero-order chi connectivity index (χ0) is 13.7. The summed E-state index contributed by atoms with van der Waals surface area (Å²) in [6.45, 7) is 0.0404. The molecule has 0 aliphatic rings. The summed E-state index contributed by atoms with van der Waals surface area (Å²) >= 11 is 11.6. The van der Waals surface area contributed by atoms with Gasteiger partial charge in [-0.1, -0.05) is 23.2 Å². The molecule has 6 nitrogen and oxygen atoms in total. The van der Waals surface area contributed by atoms with E-state index in [0.29, 0.717) is 10.6 Å². The third kappa shape index (κ3) is 4.87. The highest BCUT2D eigenvalue weighted by molar-refractivity contribution is 6.34. The Morgan fingerprint density at radius 3 is 2.22 bits per heavy atom. The van der Waals surface area contributed by atoms with E-state index in [2.05, 4.69) is 4.98 Å². The minimum atomic E-state index is -0.561. The van der Waals surface area contributed by atoms with Crippen LogP contribution in [0.5, 0.6) is 0 Å². The molecule has 1 rings (SSSR count). The first-order valence-corrected chi connectivity index (χ1v) is 5.73. The van der Waals surface area contributed by atoms with Gasteiger partial charge in [0.1, 0.15) is 5.15 Å². The molecule has 0 saturated carbocycles. The van der Waals surface area contributed by atoms with Crippen molar-refractivity contribution in [3.8, 4) is 0 Å². The summed E-state index contributed by atoms with van der Waals surface area (Å²) < 4.78 is 0. The molecule has 0 aromatic carbocycles. The number of rotatable bonds is 6. The van der Waals surface area contributed by atoms with Crippen LogP contribution in [-0.2, 0) is 16.1 Å². The highest BCUT2D eigenvalue weighted by atomic mass is 35.5. The van der Waals surface area contributed by atoms with Gasteiger partial charge in [-0.2, -0.15) is 0 Å². The summed E-state index contributed by atoms with van der Waals surface area (Å²) in [6.07, 6.45) is 1.47. The normalized spacial score (nSPS) is 10.6. The van der Waals surface area contributed by atoms with Crippen molar-refractivity contribution in [2.45, 2.75) is 6.54 Å². The monoisotopic (exact) mass is 290 g/mol. The van der Waals surface area contributed by atoms with Crippen LogP contribution in [0.15, 0.2) is 12.3 Å². The molecule has 1 aromatic rings. The van der Waals surface area contributed by atoms with Gasteiger partial charge in [-0.05, 0) is 6.07 Å². The number of nitrogens with zero attached hydrogens (tertiary/aromatic N) is 2. The number of amides is 2. The second kappa shape index (κ2) is 6.53. The molecule has 8 heteroatoms. The predicted octanol–water partition coefficient (Wildman–Crippen LogP) is 0.161. The molecular formula is C10H12Cl2N4O2. The minimum absolute atomic E-state index is 0.0953. The van der Waals surface area contributed by atoms with Gasteiger partial charge in [0.2, 0.25) is 11.8 Å². The number of carbonyl (C=O) groups is 2. The van der Waals surface area contributed by atoms with E-state index in [0.717, 1.165) is 0 Å². The Bertz CT molecular complexity index is 451. The van der Waals surface area contributed by atoms with Gasteiger partial charge in [0.25, 0.3) is 0 Å². The second-order valence-electron chi connectivity index (χ2n) is 3.68. The van der Waals surface area contributed by atoms with Gasteiger partial charge in [-0.15, -0.1) is 0 Å². The molecule has 1 aromatic heterocycles. The van der Waals surface area contributed by atoms with Gasteiger partial charge in [0, 0.05) is 23.3 Å². The molecule has 98 valence electrons. The number of aromatic nitrogens is 1. The van der Waals surface area contributed by atoms with E-state index < -0.39 is 11.8 Å². The van der Waals surface area contributed by atoms with Crippen LogP contribution in [-0.4, -0.2) is 34.8 Å². The number of hydrogen-bond donors (Lipinski definition) is 2. The van der Waals surface area contributed by atoms with Crippen LogP contribution in [0.3, 0.4) is 0 Å². The Kier molecular flexibility index (Phi) is 5.33. The Morgan fingerprint density at radius 2 is 1.78 bits per heavy atom. The van der Waals surface area contributed by atoms with E-state index in [-0.39, 0.29) is 24.8 Å². The first-order valence-electron chi connectivity index (χ1n) is 4.97. The third-order valence-electron chi connectivity index (χ3n) is 2.05. The molecule has 0 fully saturated rings. The van der Waals surface area contributed by atoms with Crippen molar-refractivity contribution in [3.05, 3.63) is 28.0 Å². The minimum Gasteiger partial charge on any atom is -0.369 e. The molecule has 0 spiro atoms. The number of halogens is 2. The molecule has 0 atom stereocenters. The molecule has 2 amide bonds. The SMILES string of the molecule is NC(=O)CN(CC(N)=O)Cc1cnc(Cl)cc1Cl. The Labute approximate surface area is 114 Å². The molecule has 0 radical (unpaired) electrons. The van der Waals surface area contributed by atoms with Crippen LogP contribution in [0.4, 0.5) is 0 Å². The number of pyridine rings is 1. The van der Waals surface area contributed by atoms with E-state index in [4.69, 9.17) is 34.7 Å². The standard InChI is InChI=1S/C10H12Cl2N4O2/c11-7-1-8(12)15-2-6(7)3-16(4-9(13)17)5-10(14)18/h1-2H,3-5H2,(H2,13,17)(H2,14,18). The van der Waals surface area contributed by atoms with Crippen LogP contribution in [0, 0.1) is 0 Å². The van der Waals surface area contributed by atoms with Gasteiger partial charge in [-0.3, -0.25) is 14.5 Å². The lowest BCUT2D eigenvalue weighted by atomic mass is 10.2. The zero-order valence-corrected chi connectivity index (χ0v) is 10.9. The van der Waals surface area contributed by atoms with Gasteiger partial charge in [0.05, 0.1) is 13.1 Å². The van der Waals surface area contributed by atoms with Crippen molar-refractivity contribution in [2.75, 3.05) is 13.1 Å². The van der Waals surface area contributed by atoms with E-state index in [1.165, 1.54) is 17.2 Å². The number of nitrogens with two attached hydrogens (primary N) is 2. The summed E-state index contributed by atoms with van der Waals surface area (Å²) in [6, 6.07) is 1.48. The quantitative estimate of drug-likeness (QED) is 0.729. The van der Waals surface area contributed by atoms with Gasteiger partial charge < -0.3 is 11.5 Å². The van der Waals surface area contributed by atoms with Gasteiger partial charge in [0.15, 0.2) is 0 Å². The number of hydrogen-bond acceptors (Lipinski definition) is 4. The van der Waals surface area contributed by atoms with Crippen molar-refractivity contribution >= 4 is 35.0 Å². The van der Waals surface area contributed by atoms with E-state index >= 15 is 0 Å². The lowest BCUT2D eigenvalue weighted by molar-refractivity contribution is -0.122. The highest BCUT2D eigenvalue weighted by Gasteiger charge is 2.14.